The average molecular weight is 390 g/mol. The smallest absolute Gasteiger partial charge is 0.257 e. The molecule has 1 aliphatic heterocycles. The Morgan fingerprint density at radius 1 is 1.21 bits per heavy atom. The molecule has 1 saturated heterocycles. The van der Waals surface area contributed by atoms with Crippen LogP contribution in [0.5, 0.6) is 0 Å². The normalized spacial score (nSPS) is 15.0. The van der Waals surface area contributed by atoms with E-state index < -0.39 is 11.6 Å². The van der Waals surface area contributed by atoms with Crippen molar-refractivity contribution in [2.45, 2.75) is 33.6 Å². The van der Waals surface area contributed by atoms with Crippen molar-refractivity contribution in [1.82, 2.24) is 20.0 Å². The van der Waals surface area contributed by atoms with Gasteiger partial charge in [0.15, 0.2) is 5.82 Å². The fourth-order valence-electron chi connectivity index (χ4n) is 3.63. The molecule has 1 aromatic carbocycles. The first-order valence-corrected chi connectivity index (χ1v) is 9.33. The van der Waals surface area contributed by atoms with Gasteiger partial charge in [-0.15, -0.1) is 0 Å². The third-order valence-corrected chi connectivity index (χ3v) is 5.18. The lowest BCUT2D eigenvalue weighted by molar-refractivity contribution is -0.119. The van der Waals surface area contributed by atoms with E-state index in [9.17, 15) is 18.4 Å². The third kappa shape index (κ3) is 4.05. The van der Waals surface area contributed by atoms with Crippen molar-refractivity contribution >= 4 is 11.8 Å². The minimum Gasteiger partial charge on any atom is -0.356 e. The van der Waals surface area contributed by atoms with Crippen molar-refractivity contribution in [2.24, 2.45) is 5.92 Å². The number of nitrogens with zero attached hydrogens (tertiary/aromatic N) is 3. The fourth-order valence-corrected chi connectivity index (χ4v) is 3.63. The van der Waals surface area contributed by atoms with Gasteiger partial charge in [0.05, 0.1) is 17.0 Å². The lowest BCUT2D eigenvalue weighted by atomic mass is 9.96. The van der Waals surface area contributed by atoms with Crippen LogP contribution in [0.1, 0.15) is 41.5 Å². The lowest BCUT2D eigenvalue weighted by Gasteiger charge is -2.32. The van der Waals surface area contributed by atoms with Crippen LogP contribution >= 0.6 is 0 Å². The molecule has 3 rings (SSSR count). The van der Waals surface area contributed by atoms with E-state index in [-0.39, 0.29) is 17.5 Å². The van der Waals surface area contributed by atoms with Crippen LogP contribution in [0.3, 0.4) is 0 Å². The number of aromatic nitrogens is 2. The molecule has 0 spiro atoms. The molecule has 1 fully saturated rings. The molecule has 1 aromatic heterocycles. The monoisotopic (exact) mass is 390 g/mol. The minimum absolute atomic E-state index is 0.0507. The highest BCUT2D eigenvalue weighted by atomic mass is 19.1. The number of nitrogens with one attached hydrogen (secondary N) is 1. The number of amides is 2. The van der Waals surface area contributed by atoms with Crippen molar-refractivity contribution in [2.75, 3.05) is 19.6 Å². The second kappa shape index (κ2) is 8.08. The zero-order valence-corrected chi connectivity index (χ0v) is 16.3. The van der Waals surface area contributed by atoms with Crippen LogP contribution in [0.25, 0.3) is 5.69 Å². The number of rotatable bonds is 4. The summed E-state index contributed by atoms with van der Waals surface area (Å²) in [6.45, 7) is 6.72. The Bertz CT molecular complexity index is 902. The van der Waals surface area contributed by atoms with Gasteiger partial charge < -0.3 is 10.2 Å². The number of piperidine rings is 1. The van der Waals surface area contributed by atoms with Gasteiger partial charge in [0, 0.05) is 32.6 Å². The second-order valence-electron chi connectivity index (χ2n) is 7.23. The van der Waals surface area contributed by atoms with Gasteiger partial charge in [-0.2, -0.15) is 5.10 Å². The molecular formula is C20H24F2N4O2. The molecule has 2 heterocycles. The molecule has 0 aliphatic carbocycles. The third-order valence-electron chi connectivity index (χ3n) is 5.18. The molecule has 1 N–H and O–H groups in total. The van der Waals surface area contributed by atoms with E-state index in [2.05, 4.69) is 10.4 Å². The van der Waals surface area contributed by atoms with Crippen molar-refractivity contribution in [3.63, 3.8) is 0 Å². The Hall–Kier alpha value is -2.77. The van der Waals surface area contributed by atoms with Gasteiger partial charge in [0.1, 0.15) is 11.5 Å². The van der Waals surface area contributed by atoms with Crippen LogP contribution in [0.4, 0.5) is 8.78 Å². The van der Waals surface area contributed by atoms with Crippen LogP contribution in [0.15, 0.2) is 18.2 Å². The van der Waals surface area contributed by atoms with Gasteiger partial charge in [-0.25, -0.2) is 13.5 Å². The molecule has 0 atom stereocenters. The first-order chi connectivity index (χ1) is 13.3. The zero-order valence-electron chi connectivity index (χ0n) is 16.3. The summed E-state index contributed by atoms with van der Waals surface area (Å²) >= 11 is 0. The number of benzene rings is 1. The SMILES string of the molecule is CC(=O)NCC1CCN(C(=O)c2c(C)nn(-c3ccc(F)cc3F)c2C)CC1. The van der Waals surface area contributed by atoms with Crippen LogP contribution < -0.4 is 5.32 Å². The molecule has 2 amide bonds. The summed E-state index contributed by atoms with van der Waals surface area (Å²) in [5.74, 6) is -1.23. The lowest BCUT2D eigenvalue weighted by Crippen LogP contribution is -2.41. The van der Waals surface area contributed by atoms with Crippen LogP contribution in [0.2, 0.25) is 0 Å². The largest absolute Gasteiger partial charge is 0.356 e. The predicted molar refractivity (Wildman–Crippen MR) is 100 cm³/mol. The summed E-state index contributed by atoms with van der Waals surface area (Å²) in [5, 5.41) is 7.13. The number of carbonyl (C=O) groups excluding carboxylic acids is 2. The maximum Gasteiger partial charge on any atom is 0.257 e. The fraction of sp³-hybridized carbons (Fsp3) is 0.450. The Labute approximate surface area is 162 Å². The van der Waals surface area contributed by atoms with Crippen molar-refractivity contribution in [3.05, 3.63) is 46.8 Å². The van der Waals surface area contributed by atoms with E-state index in [1.807, 2.05) is 0 Å². The van der Waals surface area contributed by atoms with Crippen LogP contribution in [0, 0.1) is 31.4 Å². The van der Waals surface area contributed by atoms with Gasteiger partial charge in [0.2, 0.25) is 5.91 Å². The van der Waals surface area contributed by atoms with Gasteiger partial charge >= 0.3 is 0 Å². The van der Waals surface area contributed by atoms with Crippen molar-refractivity contribution in [3.8, 4) is 5.69 Å². The minimum atomic E-state index is -0.733. The Morgan fingerprint density at radius 2 is 1.89 bits per heavy atom. The summed E-state index contributed by atoms with van der Waals surface area (Å²) in [5.41, 5.74) is 1.58. The molecule has 6 nitrogen and oxygen atoms in total. The van der Waals surface area contributed by atoms with Crippen molar-refractivity contribution < 1.29 is 18.4 Å². The van der Waals surface area contributed by atoms with E-state index >= 15 is 0 Å². The highest BCUT2D eigenvalue weighted by Gasteiger charge is 2.28. The standard InChI is InChI=1S/C20H24F2N4O2/c1-12-19(13(2)26(24-12)18-5-4-16(21)10-17(18)22)20(28)25-8-6-15(7-9-25)11-23-14(3)27/h4-5,10,15H,6-9,11H2,1-3H3,(H,23,27). The molecule has 0 bridgehead atoms. The number of carbonyl (C=O) groups is 2. The molecule has 150 valence electrons. The Balaban J connectivity index is 1.76. The van der Waals surface area contributed by atoms with E-state index in [0.29, 0.717) is 42.5 Å². The molecule has 28 heavy (non-hydrogen) atoms. The summed E-state index contributed by atoms with van der Waals surface area (Å²) < 4.78 is 28.7. The summed E-state index contributed by atoms with van der Waals surface area (Å²) in [6.07, 6.45) is 1.62. The summed E-state index contributed by atoms with van der Waals surface area (Å²) in [7, 11) is 0. The quantitative estimate of drug-likeness (QED) is 0.873. The molecule has 8 heteroatoms. The maximum absolute atomic E-state index is 14.2. The first-order valence-electron chi connectivity index (χ1n) is 9.33. The Morgan fingerprint density at radius 3 is 2.50 bits per heavy atom. The van der Waals surface area contributed by atoms with Gasteiger partial charge in [-0.3, -0.25) is 9.59 Å². The van der Waals surface area contributed by atoms with E-state index in [4.69, 9.17) is 0 Å². The number of hydrogen-bond donors (Lipinski definition) is 1. The topological polar surface area (TPSA) is 67.2 Å². The second-order valence-corrected chi connectivity index (χ2v) is 7.23. The molecule has 0 unspecified atom stereocenters. The summed E-state index contributed by atoms with van der Waals surface area (Å²) in [4.78, 5) is 25.9. The Kier molecular flexibility index (Phi) is 5.76. The van der Waals surface area contributed by atoms with Gasteiger partial charge in [0.25, 0.3) is 5.91 Å². The molecule has 2 aromatic rings. The predicted octanol–water partition coefficient (Wildman–Crippen LogP) is 2.76. The van der Waals surface area contributed by atoms with Crippen LogP contribution in [-0.2, 0) is 4.79 Å². The van der Waals surface area contributed by atoms with Crippen LogP contribution in [-0.4, -0.2) is 46.1 Å². The average Bonchev–Trinajstić information content (AvgIpc) is 2.94. The zero-order chi connectivity index (χ0) is 20.4. The molecule has 0 saturated carbocycles. The highest BCUT2D eigenvalue weighted by Crippen LogP contribution is 2.24. The van der Waals surface area contributed by atoms with E-state index in [0.717, 1.165) is 25.0 Å². The number of aryl methyl sites for hydroxylation is 1. The van der Waals surface area contributed by atoms with E-state index in [1.165, 1.54) is 17.7 Å². The van der Waals surface area contributed by atoms with Crippen molar-refractivity contribution in [1.29, 1.82) is 0 Å². The number of hydrogen-bond acceptors (Lipinski definition) is 3. The highest BCUT2D eigenvalue weighted by molar-refractivity contribution is 5.96. The molecule has 1 aliphatic rings. The van der Waals surface area contributed by atoms with Gasteiger partial charge in [-0.05, 0) is 44.7 Å². The van der Waals surface area contributed by atoms with E-state index in [1.54, 1.807) is 18.7 Å². The number of likely N-dealkylation sites (tertiary alicyclic amines) is 1. The molecular weight excluding hydrogens is 366 g/mol. The first kappa shape index (κ1) is 20.0. The summed E-state index contributed by atoms with van der Waals surface area (Å²) in [6, 6.07) is 3.27. The number of halogens is 2. The maximum atomic E-state index is 14.2. The van der Waals surface area contributed by atoms with Gasteiger partial charge in [-0.1, -0.05) is 0 Å². The molecule has 0 radical (unpaired) electrons.